The minimum atomic E-state index is -0.547. The maximum atomic E-state index is 10.4. The number of rotatable bonds is 3. The molecule has 20 heavy (non-hydrogen) atoms. The molecule has 0 radical (unpaired) electrons. The molecule has 2 unspecified atom stereocenters. The highest BCUT2D eigenvalue weighted by Gasteiger charge is 2.35. The number of aliphatic imine (C=N–C) groups is 1. The molecule has 6 heteroatoms. The van der Waals surface area contributed by atoms with E-state index in [2.05, 4.69) is 29.1 Å². The van der Waals surface area contributed by atoms with Crippen molar-refractivity contribution in [3.63, 3.8) is 0 Å². The van der Waals surface area contributed by atoms with Crippen molar-refractivity contribution in [2.24, 2.45) is 10.4 Å². The predicted molar refractivity (Wildman–Crippen MR) is 98.3 cm³/mol. The lowest BCUT2D eigenvalue weighted by Gasteiger charge is -2.28. The first kappa shape index (κ1) is 18.4. The molecule has 2 heterocycles. The number of nitrogens with zero attached hydrogens (tertiary/aromatic N) is 2. The van der Waals surface area contributed by atoms with Gasteiger partial charge in [-0.25, -0.2) is 0 Å². The minimum absolute atomic E-state index is 0. The number of guanidine groups is 1. The smallest absolute Gasteiger partial charge is 0.193 e. The second-order valence-corrected chi connectivity index (χ2v) is 7.37. The van der Waals surface area contributed by atoms with Gasteiger partial charge in [0.2, 0.25) is 0 Å². The lowest BCUT2D eigenvalue weighted by Crippen LogP contribution is -2.48. The number of thioether (sulfide) groups is 1. The van der Waals surface area contributed by atoms with Crippen LogP contribution < -0.4 is 5.32 Å². The van der Waals surface area contributed by atoms with Gasteiger partial charge in [0.1, 0.15) is 0 Å². The molecular weight excluding hydrogens is 385 g/mol. The molecule has 0 aliphatic carbocycles. The number of hydrogen-bond acceptors (Lipinski definition) is 3. The molecule has 0 aromatic rings. The van der Waals surface area contributed by atoms with Gasteiger partial charge < -0.3 is 15.3 Å². The first-order valence-electron chi connectivity index (χ1n) is 7.26. The Morgan fingerprint density at radius 2 is 2.20 bits per heavy atom. The van der Waals surface area contributed by atoms with E-state index in [4.69, 9.17) is 0 Å². The van der Waals surface area contributed by atoms with E-state index in [0.29, 0.717) is 12.0 Å². The number of halogens is 1. The summed E-state index contributed by atoms with van der Waals surface area (Å²) in [6.07, 6.45) is 3.32. The van der Waals surface area contributed by atoms with E-state index in [1.165, 1.54) is 12.8 Å². The molecular formula is C14H28IN3OS. The lowest BCUT2D eigenvalue weighted by atomic mass is 9.87. The van der Waals surface area contributed by atoms with E-state index in [1.807, 2.05) is 18.8 Å². The average molecular weight is 413 g/mol. The monoisotopic (exact) mass is 413 g/mol. The van der Waals surface area contributed by atoms with Crippen molar-refractivity contribution in [1.29, 1.82) is 0 Å². The van der Waals surface area contributed by atoms with Gasteiger partial charge in [-0.15, -0.1) is 24.0 Å². The summed E-state index contributed by atoms with van der Waals surface area (Å²) in [5, 5.41) is 13.7. The van der Waals surface area contributed by atoms with Crippen molar-refractivity contribution in [2.75, 3.05) is 38.2 Å². The van der Waals surface area contributed by atoms with Crippen LogP contribution in [0, 0.1) is 5.41 Å². The fourth-order valence-corrected chi connectivity index (χ4v) is 4.10. The standard InChI is InChI=1S/C14H27N3OS.HI/c1-4-13(2)5-7-17(10-13)12(15-3)16-9-14(18)6-8-19-11-14;/h18H,4-11H2,1-3H3,(H,15,16);1H. The van der Waals surface area contributed by atoms with Gasteiger partial charge in [0.25, 0.3) is 0 Å². The zero-order valence-corrected chi connectivity index (χ0v) is 16.0. The number of aliphatic hydroxyl groups is 1. The molecule has 2 aliphatic heterocycles. The predicted octanol–water partition coefficient (Wildman–Crippen LogP) is 2.17. The Hall–Kier alpha value is 0.310. The van der Waals surface area contributed by atoms with Crippen LogP contribution in [0.5, 0.6) is 0 Å². The summed E-state index contributed by atoms with van der Waals surface area (Å²) in [5.41, 5.74) is -0.133. The Balaban J connectivity index is 0.00000200. The molecule has 2 aliphatic rings. The van der Waals surface area contributed by atoms with Crippen LogP contribution in [-0.4, -0.2) is 59.8 Å². The third kappa shape index (κ3) is 4.40. The summed E-state index contributed by atoms with van der Waals surface area (Å²) in [6.45, 7) is 7.36. The normalized spacial score (nSPS) is 34.2. The maximum Gasteiger partial charge on any atom is 0.193 e. The third-order valence-electron chi connectivity index (χ3n) is 4.58. The van der Waals surface area contributed by atoms with E-state index >= 15 is 0 Å². The molecule has 2 N–H and O–H groups in total. The first-order valence-corrected chi connectivity index (χ1v) is 8.41. The number of nitrogens with one attached hydrogen (secondary N) is 1. The van der Waals surface area contributed by atoms with Gasteiger partial charge in [0.15, 0.2) is 5.96 Å². The summed E-state index contributed by atoms with van der Waals surface area (Å²) in [7, 11) is 1.83. The van der Waals surface area contributed by atoms with Gasteiger partial charge in [-0.05, 0) is 30.4 Å². The van der Waals surface area contributed by atoms with Crippen molar-refractivity contribution in [3.05, 3.63) is 0 Å². The van der Waals surface area contributed by atoms with Crippen LogP contribution in [0.4, 0.5) is 0 Å². The van der Waals surface area contributed by atoms with Crippen molar-refractivity contribution in [1.82, 2.24) is 10.2 Å². The molecule has 0 aromatic carbocycles. The molecule has 2 rings (SSSR count). The highest BCUT2D eigenvalue weighted by Crippen LogP contribution is 2.33. The van der Waals surface area contributed by atoms with Crippen LogP contribution in [0.25, 0.3) is 0 Å². The van der Waals surface area contributed by atoms with Crippen molar-refractivity contribution in [2.45, 2.75) is 38.7 Å². The third-order valence-corrected chi connectivity index (χ3v) is 5.82. The van der Waals surface area contributed by atoms with Crippen LogP contribution in [0.2, 0.25) is 0 Å². The summed E-state index contributed by atoms with van der Waals surface area (Å²) < 4.78 is 0. The van der Waals surface area contributed by atoms with Crippen molar-refractivity contribution < 1.29 is 5.11 Å². The molecule has 4 nitrogen and oxygen atoms in total. The van der Waals surface area contributed by atoms with Crippen LogP contribution in [-0.2, 0) is 0 Å². The Morgan fingerprint density at radius 1 is 1.45 bits per heavy atom. The molecule has 118 valence electrons. The zero-order valence-electron chi connectivity index (χ0n) is 12.8. The quantitative estimate of drug-likeness (QED) is 0.423. The van der Waals surface area contributed by atoms with E-state index < -0.39 is 5.60 Å². The van der Waals surface area contributed by atoms with Gasteiger partial charge in [-0.2, -0.15) is 11.8 Å². The van der Waals surface area contributed by atoms with E-state index in [9.17, 15) is 5.11 Å². The largest absolute Gasteiger partial charge is 0.387 e. The molecule has 0 saturated carbocycles. The summed E-state index contributed by atoms with van der Waals surface area (Å²) in [6, 6.07) is 0. The van der Waals surface area contributed by atoms with E-state index in [-0.39, 0.29) is 24.0 Å². The summed E-state index contributed by atoms with van der Waals surface area (Å²) in [5.74, 6) is 2.85. The topological polar surface area (TPSA) is 47.9 Å². The highest BCUT2D eigenvalue weighted by atomic mass is 127. The molecule has 0 amide bonds. The van der Waals surface area contributed by atoms with Crippen LogP contribution in [0.3, 0.4) is 0 Å². The first-order chi connectivity index (χ1) is 9.00. The van der Waals surface area contributed by atoms with E-state index in [1.54, 1.807) is 0 Å². The van der Waals surface area contributed by atoms with Gasteiger partial charge in [0.05, 0.1) is 5.60 Å². The second-order valence-electron chi connectivity index (χ2n) is 6.26. The Morgan fingerprint density at radius 3 is 2.70 bits per heavy atom. The van der Waals surface area contributed by atoms with E-state index in [0.717, 1.165) is 37.0 Å². The number of hydrogen-bond donors (Lipinski definition) is 2. The fourth-order valence-electron chi connectivity index (χ4n) is 2.80. The van der Waals surface area contributed by atoms with Crippen molar-refractivity contribution in [3.8, 4) is 0 Å². The fraction of sp³-hybridized carbons (Fsp3) is 0.929. The van der Waals surface area contributed by atoms with Crippen LogP contribution in [0.15, 0.2) is 4.99 Å². The SMILES string of the molecule is CCC1(C)CCN(C(=NC)NCC2(O)CCSC2)C1.I. The van der Waals surface area contributed by atoms with Gasteiger partial charge in [-0.1, -0.05) is 13.8 Å². The molecule has 0 spiro atoms. The molecule has 0 aromatic heterocycles. The molecule has 2 atom stereocenters. The Bertz CT molecular complexity index is 347. The second kappa shape index (κ2) is 7.54. The van der Waals surface area contributed by atoms with Gasteiger partial charge in [-0.3, -0.25) is 4.99 Å². The molecule has 2 saturated heterocycles. The average Bonchev–Trinajstić information content (AvgIpc) is 2.99. The summed E-state index contributed by atoms with van der Waals surface area (Å²) in [4.78, 5) is 6.70. The van der Waals surface area contributed by atoms with Crippen LogP contribution >= 0.6 is 35.7 Å². The maximum absolute atomic E-state index is 10.4. The Labute approximate surface area is 144 Å². The molecule has 2 fully saturated rings. The molecule has 0 bridgehead atoms. The van der Waals surface area contributed by atoms with Crippen LogP contribution in [0.1, 0.15) is 33.1 Å². The summed E-state index contributed by atoms with van der Waals surface area (Å²) >= 11 is 1.83. The zero-order chi connectivity index (χ0) is 13.9. The van der Waals surface area contributed by atoms with Gasteiger partial charge in [0, 0.05) is 32.4 Å². The number of likely N-dealkylation sites (tertiary alicyclic amines) is 1. The van der Waals surface area contributed by atoms with Crippen molar-refractivity contribution >= 4 is 41.7 Å². The van der Waals surface area contributed by atoms with Gasteiger partial charge >= 0.3 is 0 Å². The Kier molecular flexibility index (Phi) is 6.92. The minimum Gasteiger partial charge on any atom is -0.387 e. The highest BCUT2D eigenvalue weighted by molar-refractivity contribution is 14.0. The lowest BCUT2D eigenvalue weighted by molar-refractivity contribution is 0.0718.